The van der Waals surface area contributed by atoms with E-state index in [1.54, 1.807) is 39.1 Å². The molecule has 0 fully saturated rings. The van der Waals surface area contributed by atoms with E-state index < -0.39 is 0 Å². The Morgan fingerprint density at radius 3 is 2.54 bits per heavy atom. The maximum atomic E-state index is 13.0. The third kappa shape index (κ3) is 18.7. The van der Waals surface area contributed by atoms with Gasteiger partial charge in [0.25, 0.3) is 0 Å². The second-order valence-electron chi connectivity index (χ2n) is 8.03. The lowest BCUT2D eigenvalue weighted by molar-refractivity contribution is -0.148. The third-order valence-corrected chi connectivity index (χ3v) is 4.37. The Balaban J connectivity index is 0. The van der Waals surface area contributed by atoms with Gasteiger partial charge in [-0.3, -0.25) is 19.3 Å². The molecule has 206 valence electrons. The maximum absolute atomic E-state index is 13.0. The van der Waals surface area contributed by atoms with E-state index >= 15 is 0 Å². The first-order chi connectivity index (χ1) is 17.5. The van der Waals surface area contributed by atoms with Gasteiger partial charge in [0.05, 0.1) is 12.6 Å². The Bertz CT molecular complexity index is 1010. The molecule has 8 nitrogen and oxygen atoms in total. The second kappa shape index (κ2) is 22.0. The summed E-state index contributed by atoms with van der Waals surface area (Å²) < 4.78 is 19.4. The highest BCUT2D eigenvalue weighted by Gasteiger charge is 2.09. The van der Waals surface area contributed by atoms with Crippen molar-refractivity contribution in [2.75, 3.05) is 20.1 Å². The molecule has 0 aliphatic rings. The molecule has 0 saturated carbocycles. The number of aromatic nitrogens is 3. The fraction of sp³-hybridized carbons (Fsp3) is 0.481. The maximum Gasteiger partial charge on any atom is 0.343 e. The van der Waals surface area contributed by atoms with Gasteiger partial charge in [-0.15, -0.1) is 12.8 Å². The number of carbonyl (C=O) groups excluding carboxylic acids is 1. The molecule has 10 heteroatoms. The summed E-state index contributed by atoms with van der Waals surface area (Å²) in [6, 6.07) is 0. The van der Waals surface area contributed by atoms with Crippen LogP contribution in [0.3, 0.4) is 0 Å². The van der Waals surface area contributed by atoms with Crippen molar-refractivity contribution >= 4 is 29.4 Å². The summed E-state index contributed by atoms with van der Waals surface area (Å²) in [7, 11) is 1.94. The van der Waals surface area contributed by atoms with Crippen molar-refractivity contribution in [3.63, 3.8) is 0 Å². The van der Waals surface area contributed by atoms with Gasteiger partial charge in [0.1, 0.15) is 5.83 Å². The number of terminal acetylenes is 1. The molecule has 0 aliphatic heterocycles. The summed E-state index contributed by atoms with van der Waals surface area (Å²) in [5, 5.41) is 6.90. The standard InChI is InChI=1S/C15H18ClFN4O.C10H21NO2.C2H2/c1-4-13(17)6-5-9-21-14(19-20-15(21)22)11(2)7-8-18-10-12(3)16;1-5-6-7-11(4)8-10(12)13-9(2)3;1-2/h4-8,10H,9H2,1-3H3,(H,20,22);9H,5-8H2,1-4H3;1-2H/b6-5-,11-7+,12-10+,13-4+,18-8+;;. The van der Waals surface area contributed by atoms with Crippen LogP contribution < -0.4 is 5.69 Å². The molecule has 0 aromatic carbocycles. The number of halogens is 2. The molecule has 0 spiro atoms. The van der Waals surface area contributed by atoms with E-state index in [-0.39, 0.29) is 30.1 Å². The molecule has 1 heterocycles. The van der Waals surface area contributed by atoms with Crippen molar-refractivity contribution in [3.8, 4) is 12.8 Å². The van der Waals surface area contributed by atoms with Crippen LogP contribution in [-0.2, 0) is 16.1 Å². The van der Waals surface area contributed by atoms with E-state index in [4.69, 9.17) is 16.3 Å². The van der Waals surface area contributed by atoms with Crippen LogP contribution in [0.1, 0.15) is 60.2 Å². The van der Waals surface area contributed by atoms with E-state index in [0.29, 0.717) is 17.4 Å². The first kappa shape index (κ1) is 35.9. The zero-order chi connectivity index (χ0) is 28.8. The number of esters is 1. The quantitative estimate of drug-likeness (QED) is 0.165. The van der Waals surface area contributed by atoms with Crippen LogP contribution in [0.4, 0.5) is 4.39 Å². The largest absolute Gasteiger partial charge is 0.462 e. The Kier molecular flexibility index (Phi) is 21.4. The molecule has 1 rings (SSSR count). The number of aliphatic imine (C=N–C) groups is 1. The zero-order valence-electron chi connectivity index (χ0n) is 23.0. The van der Waals surface area contributed by atoms with Crippen molar-refractivity contribution in [1.82, 2.24) is 19.7 Å². The molecule has 1 N–H and O–H groups in total. The molecule has 0 atom stereocenters. The van der Waals surface area contributed by atoms with Gasteiger partial charge in [0.2, 0.25) is 0 Å². The van der Waals surface area contributed by atoms with Crippen LogP contribution in [0.5, 0.6) is 0 Å². The fourth-order valence-electron chi connectivity index (χ4n) is 2.56. The lowest BCUT2D eigenvalue weighted by Gasteiger charge is -2.16. The van der Waals surface area contributed by atoms with E-state index in [2.05, 4.69) is 35.0 Å². The van der Waals surface area contributed by atoms with Crippen molar-refractivity contribution in [1.29, 1.82) is 0 Å². The number of nitrogens with zero attached hydrogens (tertiary/aromatic N) is 4. The minimum atomic E-state index is -0.360. The Labute approximate surface area is 225 Å². The van der Waals surface area contributed by atoms with Gasteiger partial charge in [0.15, 0.2) is 5.82 Å². The topological polar surface area (TPSA) is 92.6 Å². The first-order valence-corrected chi connectivity index (χ1v) is 12.3. The summed E-state index contributed by atoms with van der Waals surface area (Å²) in [5.41, 5.74) is 0.379. The first-order valence-electron chi connectivity index (χ1n) is 11.9. The van der Waals surface area contributed by atoms with Crippen molar-refractivity contribution < 1.29 is 13.9 Å². The number of likely N-dealkylation sites (N-methyl/N-ethyl adjacent to an activating group) is 1. The number of ether oxygens (including phenoxy) is 1. The predicted molar refractivity (Wildman–Crippen MR) is 152 cm³/mol. The Morgan fingerprint density at radius 1 is 1.35 bits per heavy atom. The zero-order valence-corrected chi connectivity index (χ0v) is 23.8. The van der Waals surface area contributed by atoms with Crippen LogP contribution in [0.25, 0.3) is 5.57 Å². The summed E-state index contributed by atoms with van der Waals surface area (Å²) in [4.78, 5) is 28.9. The van der Waals surface area contributed by atoms with E-state index in [9.17, 15) is 14.0 Å². The number of hydrogen-bond acceptors (Lipinski definition) is 6. The summed E-state index contributed by atoms with van der Waals surface area (Å²) in [5.74, 6) is -0.0251. The number of H-pyrrole nitrogens is 1. The molecular formula is C27H41ClFN5O3. The normalized spacial score (nSPS) is 12.5. The predicted octanol–water partition coefficient (Wildman–Crippen LogP) is 5.49. The minimum absolute atomic E-state index is 0.00734. The number of unbranched alkanes of at least 4 members (excludes halogenated alkanes) is 1. The molecule has 1 aromatic heterocycles. The van der Waals surface area contributed by atoms with E-state index in [1.165, 1.54) is 22.9 Å². The molecule has 0 aliphatic carbocycles. The lowest BCUT2D eigenvalue weighted by atomic mass is 10.2. The van der Waals surface area contributed by atoms with Gasteiger partial charge >= 0.3 is 11.7 Å². The molecule has 0 unspecified atom stereocenters. The summed E-state index contributed by atoms with van der Waals surface area (Å²) >= 11 is 5.65. The number of hydrogen-bond donors (Lipinski definition) is 1. The molecule has 1 aromatic rings. The van der Waals surface area contributed by atoms with Gasteiger partial charge in [-0.2, -0.15) is 5.10 Å². The van der Waals surface area contributed by atoms with Gasteiger partial charge in [0, 0.05) is 24.0 Å². The van der Waals surface area contributed by atoms with Gasteiger partial charge < -0.3 is 4.74 Å². The summed E-state index contributed by atoms with van der Waals surface area (Å²) in [6.45, 7) is 12.6. The number of allylic oxidation sites excluding steroid dienone is 7. The lowest BCUT2D eigenvalue weighted by Crippen LogP contribution is -2.29. The Morgan fingerprint density at radius 2 is 2.00 bits per heavy atom. The smallest absolute Gasteiger partial charge is 0.343 e. The van der Waals surface area contributed by atoms with Crippen LogP contribution in [0.2, 0.25) is 0 Å². The number of carbonyl (C=O) groups is 1. The highest BCUT2D eigenvalue weighted by atomic mass is 35.5. The second-order valence-corrected chi connectivity index (χ2v) is 8.63. The number of rotatable bonds is 12. The van der Waals surface area contributed by atoms with E-state index in [1.807, 2.05) is 25.8 Å². The van der Waals surface area contributed by atoms with Gasteiger partial charge in [-0.25, -0.2) is 14.3 Å². The Hall–Kier alpha value is -3.22. The number of aromatic amines is 1. The fourth-order valence-corrected chi connectivity index (χ4v) is 2.61. The average molecular weight is 538 g/mol. The van der Waals surface area contributed by atoms with Crippen LogP contribution in [-0.4, -0.2) is 58.1 Å². The monoisotopic (exact) mass is 537 g/mol. The molecule has 37 heavy (non-hydrogen) atoms. The van der Waals surface area contributed by atoms with E-state index in [0.717, 1.165) is 25.0 Å². The third-order valence-electron chi connectivity index (χ3n) is 4.27. The van der Waals surface area contributed by atoms with Crippen LogP contribution in [0, 0.1) is 12.8 Å². The summed E-state index contributed by atoms with van der Waals surface area (Å²) in [6.07, 6.45) is 19.2. The molecular weight excluding hydrogens is 497 g/mol. The highest BCUT2D eigenvalue weighted by Crippen LogP contribution is 2.08. The molecule has 0 amide bonds. The van der Waals surface area contributed by atoms with Crippen molar-refractivity contribution in [2.24, 2.45) is 4.99 Å². The van der Waals surface area contributed by atoms with Crippen molar-refractivity contribution in [2.45, 2.75) is 67.0 Å². The van der Waals surface area contributed by atoms with Crippen LogP contribution in [0.15, 0.2) is 51.2 Å². The van der Waals surface area contributed by atoms with Gasteiger partial charge in [-0.05, 0) is 72.4 Å². The number of nitrogens with one attached hydrogen (secondary N) is 1. The minimum Gasteiger partial charge on any atom is -0.462 e. The average Bonchev–Trinajstić information content (AvgIpc) is 3.21. The molecule has 0 bridgehead atoms. The van der Waals surface area contributed by atoms with Crippen molar-refractivity contribution in [3.05, 3.63) is 57.7 Å². The molecule has 0 radical (unpaired) electrons. The highest BCUT2D eigenvalue weighted by molar-refractivity contribution is 6.29. The van der Waals surface area contributed by atoms with Crippen LogP contribution >= 0.6 is 11.6 Å². The SMILES string of the molecule is C#C.C/C=C(F)\C=C/Cn1c(/C(C)=C/C=N/C=C(\C)Cl)n[nH]c1=O.CCCCN(C)CC(=O)OC(C)C. The van der Waals surface area contributed by atoms with Gasteiger partial charge in [-0.1, -0.05) is 37.1 Å². The molecule has 0 saturated heterocycles.